The Balaban J connectivity index is 2.15. The van der Waals surface area contributed by atoms with Crippen LogP contribution in [0.2, 0.25) is 5.02 Å². The molecular weight excluding hydrogens is 379 g/mol. The average molecular weight is 394 g/mol. The number of aromatic nitrogens is 1. The van der Waals surface area contributed by atoms with E-state index in [1.807, 2.05) is 18.2 Å². The van der Waals surface area contributed by atoms with Gasteiger partial charge in [0.25, 0.3) is 0 Å². The van der Waals surface area contributed by atoms with Crippen molar-refractivity contribution >= 4 is 11.6 Å². The van der Waals surface area contributed by atoms with Gasteiger partial charge in [0.05, 0.1) is 29.9 Å². The first-order chi connectivity index (χ1) is 12.8. The summed E-state index contributed by atoms with van der Waals surface area (Å²) in [5, 5.41) is -0.440. The van der Waals surface area contributed by atoms with E-state index in [4.69, 9.17) is 16.3 Å². The van der Waals surface area contributed by atoms with E-state index in [1.165, 1.54) is 37.6 Å². The highest BCUT2D eigenvalue weighted by molar-refractivity contribution is 6.34. The van der Waals surface area contributed by atoms with Gasteiger partial charge in [-0.2, -0.15) is 13.2 Å². The molecule has 3 aromatic rings. The van der Waals surface area contributed by atoms with E-state index >= 15 is 0 Å². The first-order valence-electron chi connectivity index (χ1n) is 7.99. The SMILES string of the molecule is COc1ccccc1Cn1ccc(=O)cc1-c1cccc(C(F)(F)F)c1Cl. The number of ether oxygens (including phenoxy) is 1. The van der Waals surface area contributed by atoms with Gasteiger partial charge in [-0.1, -0.05) is 41.9 Å². The van der Waals surface area contributed by atoms with Gasteiger partial charge in [0.15, 0.2) is 5.43 Å². The van der Waals surface area contributed by atoms with Crippen molar-refractivity contribution in [3.63, 3.8) is 0 Å². The zero-order valence-electron chi connectivity index (χ0n) is 14.3. The van der Waals surface area contributed by atoms with Crippen LogP contribution in [0.4, 0.5) is 13.2 Å². The summed E-state index contributed by atoms with van der Waals surface area (Å²) in [5.74, 6) is 0.636. The normalized spacial score (nSPS) is 11.4. The van der Waals surface area contributed by atoms with Crippen LogP contribution in [0.5, 0.6) is 5.75 Å². The molecule has 3 nitrogen and oxygen atoms in total. The smallest absolute Gasteiger partial charge is 0.417 e. The molecule has 0 saturated heterocycles. The predicted octanol–water partition coefficient (Wildman–Crippen LogP) is 5.24. The number of para-hydroxylation sites is 1. The molecule has 7 heteroatoms. The average Bonchev–Trinajstić information content (AvgIpc) is 2.63. The Morgan fingerprint density at radius 2 is 1.81 bits per heavy atom. The third-order valence-corrected chi connectivity index (χ3v) is 4.53. The Morgan fingerprint density at radius 3 is 2.52 bits per heavy atom. The summed E-state index contributed by atoms with van der Waals surface area (Å²) >= 11 is 6.05. The first kappa shape index (κ1) is 19.0. The minimum Gasteiger partial charge on any atom is -0.496 e. The maximum atomic E-state index is 13.2. The number of halogens is 4. The maximum Gasteiger partial charge on any atom is 0.417 e. The lowest BCUT2D eigenvalue weighted by Gasteiger charge is -2.18. The molecule has 0 aliphatic rings. The third kappa shape index (κ3) is 4.01. The lowest BCUT2D eigenvalue weighted by Crippen LogP contribution is -2.12. The molecule has 3 rings (SSSR count). The molecule has 2 aromatic carbocycles. The van der Waals surface area contributed by atoms with Crippen LogP contribution in [0, 0.1) is 0 Å². The van der Waals surface area contributed by atoms with Crippen molar-refractivity contribution in [2.75, 3.05) is 7.11 Å². The van der Waals surface area contributed by atoms with E-state index in [-0.39, 0.29) is 11.0 Å². The zero-order valence-corrected chi connectivity index (χ0v) is 15.0. The number of hydrogen-bond acceptors (Lipinski definition) is 2. The topological polar surface area (TPSA) is 31.2 Å². The summed E-state index contributed by atoms with van der Waals surface area (Å²) < 4.78 is 46.6. The molecule has 27 heavy (non-hydrogen) atoms. The summed E-state index contributed by atoms with van der Waals surface area (Å²) in [5.41, 5.74) is -0.0202. The van der Waals surface area contributed by atoms with Gasteiger partial charge in [0.2, 0.25) is 0 Å². The van der Waals surface area contributed by atoms with Crippen LogP contribution in [-0.2, 0) is 12.7 Å². The molecule has 0 bridgehead atoms. The fourth-order valence-corrected chi connectivity index (χ4v) is 3.18. The second-order valence-electron chi connectivity index (χ2n) is 5.85. The number of alkyl halides is 3. The van der Waals surface area contributed by atoms with Crippen molar-refractivity contribution in [3.05, 3.63) is 87.2 Å². The van der Waals surface area contributed by atoms with Crippen molar-refractivity contribution in [1.29, 1.82) is 0 Å². The number of rotatable bonds is 4. The number of benzene rings is 2. The van der Waals surface area contributed by atoms with Crippen LogP contribution < -0.4 is 10.2 Å². The van der Waals surface area contributed by atoms with Gasteiger partial charge in [0, 0.05) is 29.5 Å². The Bertz CT molecular complexity index is 1030. The third-order valence-electron chi connectivity index (χ3n) is 4.12. The van der Waals surface area contributed by atoms with Gasteiger partial charge >= 0.3 is 6.18 Å². The molecule has 0 spiro atoms. The van der Waals surface area contributed by atoms with Crippen molar-refractivity contribution in [2.45, 2.75) is 12.7 Å². The van der Waals surface area contributed by atoms with Gasteiger partial charge in [-0.05, 0) is 12.1 Å². The Hall–Kier alpha value is -2.73. The molecule has 0 radical (unpaired) electrons. The molecule has 0 fully saturated rings. The zero-order chi connectivity index (χ0) is 19.6. The second kappa shape index (κ2) is 7.48. The quantitative estimate of drug-likeness (QED) is 0.606. The molecule has 0 N–H and O–H groups in total. The lowest BCUT2D eigenvalue weighted by molar-refractivity contribution is -0.137. The first-order valence-corrected chi connectivity index (χ1v) is 8.37. The minimum atomic E-state index is -4.59. The summed E-state index contributed by atoms with van der Waals surface area (Å²) in [6.07, 6.45) is -3.06. The van der Waals surface area contributed by atoms with E-state index in [0.29, 0.717) is 18.0 Å². The van der Waals surface area contributed by atoms with Crippen LogP contribution in [0.3, 0.4) is 0 Å². The molecule has 140 valence electrons. The molecule has 0 atom stereocenters. The van der Waals surface area contributed by atoms with E-state index in [1.54, 1.807) is 10.6 Å². The fraction of sp³-hybridized carbons (Fsp3) is 0.150. The van der Waals surface area contributed by atoms with Gasteiger partial charge < -0.3 is 9.30 Å². The monoisotopic (exact) mass is 393 g/mol. The van der Waals surface area contributed by atoms with Crippen LogP contribution in [0.25, 0.3) is 11.3 Å². The van der Waals surface area contributed by atoms with Crippen molar-refractivity contribution in [3.8, 4) is 17.0 Å². The Labute approximate surface area is 158 Å². The van der Waals surface area contributed by atoms with Crippen molar-refractivity contribution < 1.29 is 17.9 Å². The van der Waals surface area contributed by atoms with Crippen molar-refractivity contribution in [1.82, 2.24) is 4.57 Å². The lowest BCUT2D eigenvalue weighted by atomic mass is 10.1. The van der Waals surface area contributed by atoms with Gasteiger partial charge in [-0.3, -0.25) is 4.79 Å². The van der Waals surface area contributed by atoms with E-state index in [2.05, 4.69) is 0 Å². The maximum absolute atomic E-state index is 13.2. The van der Waals surface area contributed by atoms with Gasteiger partial charge in [0.1, 0.15) is 5.75 Å². The van der Waals surface area contributed by atoms with Gasteiger partial charge in [-0.15, -0.1) is 0 Å². The molecule has 1 heterocycles. The standard InChI is InChI=1S/C20H15ClF3NO2/c1-27-18-8-3-2-5-13(18)12-25-10-9-14(26)11-17(25)15-6-4-7-16(19(15)21)20(22,23)24/h2-11H,12H2,1H3. The molecule has 1 aromatic heterocycles. The number of nitrogens with zero attached hydrogens (tertiary/aromatic N) is 1. The number of methoxy groups -OCH3 is 1. The van der Waals surface area contributed by atoms with E-state index < -0.39 is 16.8 Å². The molecule has 0 amide bonds. The van der Waals surface area contributed by atoms with E-state index in [9.17, 15) is 18.0 Å². The highest BCUT2D eigenvalue weighted by Gasteiger charge is 2.34. The van der Waals surface area contributed by atoms with Crippen LogP contribution in [-0.4, -0.2) is 11.7 Å². The Kier molecular flexibility index (Phi) is 5.28. The summed E-state index contributed by atoms with van der Waals surface area (Å²) in [4.78, 5) is 11.9. The molecule has 0 unspecified atom stereocenters. The van der Waals surface area contributed by atoms with Gasteiger partial charge in [-0.25, -0.2) is 0 Å². The minimum absolute atomic E-state index is 0.138. The predicted molar refractivity (Wildman–Crippen MR) is 98.2 cm³/mol. The summed E-state index contributed by atoms with van der Waals surface area (Å²) in [6.45, 7) is 0.298. The second-order valence-corrected chi connectivity index (χ2v) is 6.23. The van der Waals surface area contributed by atoms with Crippen LogP contribution >= 0.6 is 11.6 Å². The molecule has 0 aliphatic carbocycles. The van der Waals surface area contributed by atoms with Crippen LogP contribution in [0.15, 0.2) is 65.6 Å². The number of pyridine rings is 1. The van der Waals surface area contributed by atoms with E-state index in [0.717, 1.165) is 11.6 Å². The highest BCUT2D eigenvalue weighted by atomic mass is 35.5. The molecule has 0 saturated carbocycles. The van der Waals surface area contributed by atoms with Crippen LogP contribution in [0.1, 0.15) is 11.1 Å². The largest absolute Gasteiger partial charge is 0.496 e. The summed E-state index contributed by atoms with van der Waals surface area (Å²) in [6, 6.07) is 13.5. The number of hydrogen-bond donors (Lipinski definition) is 0. The molecular formula is C20H15ClF3NO2. The molecule has 0 aliphatic heterocycles. The Morgan fingerprint density at radius 1 is 1.07 bits per heavy atom. The van der Waals surface area contributed by atoms with Crippen molar-refractivity contribution in [2.24, 2.45) is 0 Å². The highest BCUT2D eigenvalue weighted by Crippen LogP contribution is 2.39. The fourth-order valence-electron chi connectivity index (χ4n) is 2.85. The summed E-state index contributed by atoms with van der Waals surface area (Å²) in [7, 11) is 1.54.